The van der Waals surface area contributed by atoms with Gasteiger partial charge in [0.2, 0.25) is 0 Å². The van der Waals surface area contributed by atoms with E-state index < -0.39 is 5.82 Å². The van der Waals surface area contributed by atoms with E-state index in [-0.39, 0.29) is 16.0 Å². The lowest BCUT2D eigenvalue weighted by atomic mass is 10.1. The van der Waals surface area contributed by atoms with E-state index in [1.54, 1.807) is 19.1 Å². The van der Waals surface area contributed by atoms with Gasteiger partial charge in [-0.3, -0.25) is 4.79 Å². The summed E-state index contributed by atoms with van der Waals surface area (Å²) in [6.07, 6.45) is 0. The average molecular weight is 392 g/mol. The first-order valence-corrected chi connectivity index (χ1v) is 7.36. The molecular weight excluding hydrogens is 382 g/mol. The van der Waals surface area contributed by atoms with Crippen molar-refractivity contribution in [2.24, 2.45) is 0 Å². The zero-order valence-corrected chi connectivity index (χ0v) is 13.9. The molecule has 2 aromatic carbocycles. The molecule has 3 nitrogen and oxygen atoms in total. The number of nitrogen functional groups attached to an aromatic ring is 1. The van der Waals surface area contributed by atoms with Crippen LogP contribution in [0, 0.1) is 12.7 Å². The molecule has 7 heteroatoms. The average Bonchev–Trinajstić information content (AvgIpc) is 2.39. The van der Waals surface area contributed by atoms with E-state index in [4.69, 9.17) is 28.9 Å². The second-order valence-corrected chi connectivity index (χ2v) is 6.11. The predicted molar refractivity (Wildman–Crippen MR) is 87.7 cm³/mol. The third kappa shape index (κ3) is 3.48. The second kappa shape index (κ2) is 6.22. The largest absolute Gasteiger partial charge is 0.398 e. The second-order valence-electron chi connectivity index (χ2n) is 4.38. The molecule has 0 bridgehead atoms. The molecule has 0 atom stereocenters. The summed E-state index contributed by atoms with van der Waals surface area (Å²) in [7, 11) is 0. The highest BCUT2D eigenvalue weighted by Crippen LogP contribution is 2.28. The number of rotatable bonds is 2. The molecule has 21 heavy (non-hydrogen) atoms. The minimum absolute atomic E-state index is 0.164. The minimum atomic E-state index is -0.723. The molecule has 0 saturated carbocycles. The lowest BCUT2D eigenvalue weighted by Gasteiger charge is -2.11. The van der Waals surface area contributed by atoms with Gasteiger partial charge in [0.1, 0.15) is 0 Å². The van der Waals surface area contributed by atoms with Crippen LogP contribution in [0.15, 0.2) is 28.7 Å². The Kier molecular flexibility index (Phi) is 4.76. The summed E-state index contributed by atoms with van der Waals surface area (Å²) in [5.74, 6) is -1.11. The molecule has 0 radical (unpaired) electrons. The number of nitrogens with two attached hydrogens (primary N) is 1. The van der Waals surface area contributed by atoms with Crippen LogP contribution < -0.4 is 11.1 Å². The van der Waals surface area contributed by atoms with Crippen LogP contribution in [0.2, 0.25) is 10.0 Å². The van der Waals surface area contributed by atoms with Gasteiger partial charge in [0.15, 0.2) is 5.82 Å². The molecule has 2 rings (SSSR count). The third-order valence-electron chi connectivity index (χ3n) is 2.90. The van der Waals surface area contributed by atoms with Gasteiger partial charge < -0.3 is 11.1 Å². The Morgan fingerprint density at radius 3 is 2.38 bits per heavy atom. The summed E-state index contributed by atoms with van der Waals surface area (Å²) in [6.45, 7) is 1.74. The van der Waals surface area contributed by atoms with Crippen LogP contribution in [0.5, 0.6) is 0 Å². The Labute approximate surface area is 139 Å². The smallest absolute Gasteiger partial charge is 0.256 e. The third-order valence-corrected chi connectivity index (χ3v) is 3.91. The molecule has 0 aliphatic rings. The van der Waals surface area contributed by atoms with Gasteiger partial charge >= 0.3 is 0 Å². The number of amides is 1. The monoisotopic (exact) mass is 390 g/mol. The van der Waals surface area contributed by atoms with Crippen molar-refractivity contribution in [2.45, 2.75) is 6.92 Å². The highest BCUT2D eigenvalue weighted by molar-refractivity contribution is 9.10. The number of carbonyl (C=O) groups is 1. The molecule has 0 saturated heterocycles. The summed E-state index contributed by atoms with van der Waals surface area (Å²) < 4.78 is 14.0. The van der Waals surface area contributed by atoms with Crippen LogP contribution in [0.3, 0.4) is 0 Å². The number of carbonyl (C=O) groups excluding carboxylic acids is 1. The maximum absolute atomic E-state index is 13.3. The van der Waals surface area contributed by atoms with Crippen molar-refractivity contribution in [3.8, 4) is 0 Å². The fourth-order valence-electron chi connectivity index (χ4n) is 1.76. The van der Waals surface area contributed by atoms with E-state index in [0.29, 0.717) is 27.0 Å². The van der Waals surface area contributed by atoms with Crippen LogP contribution in [-0.2, 0) is 0 Å². The number of nitrogens with one attached hydrogen (secondary N) is 1. The Morgan fingerprint density at radius 2 is 1.81 bits per heavy atom. The lowest BCUT2D eigenvalue weighted by Crippen LogP contribution is -2.14. The van der Waals surface area contributed by atoms with E-state index in [1.807, 2.05) is 0 Å². The molecule has 0 unspecified atom stereocenters. The van der Waals surface area contributed by atoms with Crippen LogP contribution >= 0.6 is 39.1 Å². The van der Waals surface area contributed by atoms with Crippen molar-refractivity contribution in [2.75, 3.05) is 11.1 Å². The van der Waals surface area contributed by atoms with Crippen LogP contribution in [0.25, 0.3) is 0 Å². The minimum Gasteiger partial charge on any atom is -0.398 e. The number of hydrogen-bond donors (Lipinski definition) is 2. The van der Waals surface area contributed by atoms with Gasteiger partial charge in [-0.2, -0.15) is 0 Å². The topological polar surface area (TPSA) is 55.1 Å². The van der Waals surface area contributed by atoms with Crippen LogP contribution in [-0.4, -0.2) is 5.91 Å². The van der Waals surface area contributed by atoms with Crippen LogP contribution in [0.1, 0.15) is 15.9 Å². The first-order valence-electron chi connectivity index (χ1n) is 5.81. The summed E-state index contributed by atoms with van der Waals surface area (Å²) in [5, 5.41) is 2.28. The van der Waals surface area contributed by atoms with Gasteiger partial charge in [-0.25, -0.2) is 4.39 Å². The molecule has 0 aliphatic carbocycles. The Morgan fingerprint density at radius 1 is 1.24 bits per heavy atom. The van der Waals surface area contributed by atoms with Gasteiger partial charge in [0.25, 0.3) is 5.91 Å². The normalized spacial score (nSPS) is 10.5. The number of benzene rings is 2. The van der Waals surface area contributed by atoms with Gasteiger partial charge in [0, 0.05) is 21.4 Å². The maximum atomic E-state index is 13.3. The van der Waals surface area contributed by atoms with Crippen molar-refractivity contribution >= 4 is 56.4 Å². The van der Waals surface area contributed by atoms with Crippen molar-refractivity contribution in [1.82, 2.24) is 0 Å². The quantitative estimate of drug-likeness (QED) is 0.556. The lowest BCUT2D eigenvalue weighted by molar-refractivity contribution is 0.102. The standard InChI is InChI=1S/C14H10BrCl2FN2O/c1-6-9(2-7(15)3-12(6)19)14(21)20-8-4-10(16)13(18)11(17)5-8/h2-5H,19H2,1H3,(H,20,21). The number of halogens is 4. The fourth-order valence-corrected chi connectivity index (χ4v) is 2.72. The molecule has 3 N–H and O–H groups in total. The van der Waals surface area contributed by atoms with Crippen molar-refractivity contribution in [3.05, 3.63) is 55.7 Å². The predicted octanol–water partition coefficient (Wildman–Crippen LogP) is 5.04. The van der Waals surface area contributed by atoms with Crippen LogP contribution in [0.4, 0.5) is 15.8 Å². The molecule has 1 amide bonds. The first-order chi connectivity index (χ1) is 9.79. The molecule has 0 spiro atoms. The molecule has 0 aromatic heterocycles. The van der Waals surface area contributed by atoms with E-state index >= 15 is 0 Å². The van der Waals surface area contributed by atoms with E-state index in [2.05, 4.69) is 21.2 Å². The number of hydrogen-bond acceptors (Lipinski definition) is 2. The van der Waals surface area contributed by atoms with Gasteiger partial charge in [-0.1, -0.05) is 39.1 Å². The SMILES string of the molecule is Cc1c(N)cc(Br)cc1C(=O)Nc1cc(Cl)c(F)c(Cl)c1. The summed E-state index contributed by atoms with van der Waals surface area (Å²) >= 11 is 14.7. The first kappa shape index (κ1) is 16.1. The zero-order valence-electron chi connectivity index (χ0n) is 10.8. The molecule has 0 heterocycles. The van der Waals surface area contributed by atoms with Gasteiger partial charge in [0.05, 0.1) is 10.0 Å². The zero-order chi connectivity index (χ0) is 15.7. The summed E-state index contributed by atoms with van der Waals surface area (Å²) in [4.78, 5) is 12.3. The Bertz CT molecular complexity index is 714. The van der Waals surface area contributed by atoms with E-state index in [1.165, 1.54) is 12.1 Å². The van der Waals surface area contributed by atoms with E-state index in [0.717, 1.165) is 0 Å². The Balaban J connectivity index is 2.35. The highest BCUT2D eigenvalue weighted by Gasteiger charge is 2.14. The summed E-state index contributed by atoms with van der Waals surface area (Å²) in [5.41, 5.74) is 7.66. The molecule has 2 aromatic rings. The highest BCUT2D eigenvalue weighted by atomic mass is 79.9. The van der Waals surface area contributed by atoms with Crippen molar-refractivity contribution in [1.29, 1.82) is 0 Å². The summed E-state index contributed by atoms with van der Waals surface area (Å²) in [6, 6.07) is 5.93. The fraction of sp³-hybridized carbons (Fsp3) is 0.0714. The molecule has 110 valence electrons. The van der Waals surface area contributed by atoms with Gasteiger partial charge in [-0.15, -0.1) is 0 Å². The van der Waals surface area contributed by atoms with Crippen molar-refractivity contribution < 1.29 is 9.18 Å². The van der Waals surface area contributed by atoms with Gasteiger partial charge in [-0.05, 0) is 36.8 Å². The number of anilines is 2. The van der Waals surface area contributed by atoms with E-state index in [9.17, 15) is 9.18 Å². The molecule has 0 aliphatic heterocycles. The Hall–Kier alpha value is -1.30. The molecule has 0 fully saturated rings. The molecular formula is C14H10BrCl2FN2O. The van der Waals surface area contributed by atoms with Crippen molar-refractivity contribution in [3.63, 3.8) is 0 Å². The maximum Gasteiger partial charge on any atom is 0.256 e.